The van der Waals surface area contributed by atoms with E-state index < -0.39 is 0 Å². The van der Waals surface area contributed by atoms with Crippen LogP contribution in [0.3, 0.4) is 0 Å². The number of hydrogen-bond acceptors (Lipinski definition) is 1. The Hall–Kier alpha value is -1.60. The SMILES string of the molecule is Cc1ccc(CC(=O)Cc2ccccc2C)c(Cl)c1. The molecule has 0 fully saturated rings. The summed E-state index contributed by atoms with van der Waals surface area (Å²) in [5.74, 6) is 0.194. The fraction of sp³-hybridized carbons (Fsp3) is 0.235. The highest BCUT2D eigenvalue weighted by molar-refractivity contribution is 6.31. The van der Waals surface area contributed by atoms with Crippen molar-refractivity contribution in [3.05, 3.63) is 69.7 Å². The van der Waals surface area contributed by atoms with E-state index in [2.05, 4.69) is 0 Å². The molecule has 0 spiro atoms. The van der Waals surface area contributed by atoms with Crippen LogP contribution in [0.1, 0.15) is 22.3 Å². The Morgan fingerprint density at radius 3 is 2.37 bits per heavy atom. The van der Waals surface area contributed by atoms with Gasteiger partial charge in [0, 0.05) is 17.9 Å². The predicted octanol–water partition coefficient (Wildman–Crippen LogP) is 4.31. The van der Waals surface area contributed by atoms with Crippen molar-refractivity contribution in [3.8, 4) is 0 Å². The van der Waals surface area contributed by atoms with E-state index in [9.17, 15) is 4.79 Å². The van der Waals surface area contributed by atoms with Crippen molar-refractivity contribution in [1.29, 1.82) is 0 Å². The molecule has 0 aromatic heterocycles. The molecule has 19 heavy (non-hydrogen) atoms. The van der Waals surface area contributed by atoms with Gasteiger partial charge in [-0.25, -0.2) is 0 Å². The van der Waals surface area contributed by atoms with E-state index in [0.717, 1.165) is 22.3 Å². The van der Waals surface area contributed by atoms with E-state index >= 15 is 0 Å². The molecule has 1 nitrogen and oxygen atoms in total. The van der Waals surface area contributed by atoms with Gasteiger partial charge in [-0.05, 0) is 42.2 Å². The molecule has 0 unspecified atom stereocenters. The summed E-state index contributed by atoms with van der Waals surface area (Å²) in [4.78, 5) is 12.1. The molecule has 2 aromatic carbocycles. The van der Waals surface area contributed by atoms with Crippen molar-refractivity contribution in [2.45, 2.75) is 26.7 Å². The van der Waals surface area contributed by atoms with Crippen LogP contribution < -0.4 is 0 Å². The van der Waals surface area contributed by atoms with Crippen molar-refractivity contribution in [3.63, 3.8) is 0 Å². The van der Waals surface area contributed by atoms with E-state index in [1.807, 2.05) is 56.3 Å². The third kappa shape index (κ3) is 3.68. The Bertz CT molecular complexity index is 602. The molecule has 0 atom stereocenters. The number of halogens is 1. The Morgan fingerprint density at radius 1 is 1.00 bits per heavy atom. The molecule has 98 valence electrons. The maximum Gasteiger partial charge on any atom is 0.141 e. The van der Waals surface area contributed by atoms with Crippen molar-refractivity contribution < 1.29 is 4.79 Å². The molecule has 0 bridgehead atoms. The zero-order chi connectivity index (χ0) is 13.8. The molecular formula is C17H17ClO. The van der Waals surface area contributed by atoms with Gasteiger partial charge in [-0.3, -0.25) is 4.79 Å². The summed E-state index contributed by atoms with van der Waals surface area (Å²) < 4.78 is 0. The monoisotopic (exact) mass is 272 g/mol. The van der Waals surface area contributed by atoms with Crippen LogP contribution in [0.2, 0.25) is 5.02 Å². The van der Waals surface area contributed by atoms with Crippen LogP contribution in [-0.2, 0) is 17.6 Å². The number of benzene rings is 2. The lowest BCUT2D eigenvalue weighted by molar-refractivity contribution is -0.117. The highest BCUT2D eigenvalue weighted by Crippen LogP contribution is 2.19. The largest absolute Gasteiger partial charge is 0.299 e. The number of hydrogen-bond donors (Lipinski definition) is 0. The molecule has 0 N–H and O–H groups in total. The summed E-state index contributed by atoms with van der Waals surface area (Å²) in [6, 6.07) is 13.8. The number of Topliss-reactive ketones (excluding diaryl/α,β-unsaturated/α-hetero) is 1. The molecule has 0 saturated heterocycles. The molecule has 0 radical (unpaired) electrons. The lowest BCUT2D eigenvalue weighted by atomic mass is 9.99. The molecule has 0 heterocycles. The second-order valence-corrected chi connectivity index (χ2v) is 5.32. The molecule has 0 aliphatic heterocycles. The van der Waals surface area contributed by atoms with Crippen LogP contribution in [0.25, 0.3) is 0 Å². The van der Waals surface area contributed by atoms with Gasteiger partial charge in [-0.15, -0.1) is 0 Å². The smallest absolute Gasteiger partial charge is 0.141 e. The van der Waals surface area contributed by atoms with Gasteiger partial charge in [0.1, 0.15) is 5.78 Å². The number of ketones is 1. The molecule has 0 amide bonds. The van der Waals surface area contributed by atoms with Gasteiger partial charge >= 0.3 is 0 Å². The summed E-state index contributed by atoms with van der Waals surface area (Å²) in [5, 5.41) is 0.679. The van der Waals surface area contributed by atoms with Crippen LogP contribution in [0, 0.1) is 13.8 Å². The minimum atomic E-state index is 0.194. The van der Waals surface area contributed by atoms with E-state index in [1.165, 1.54) is 0 Å². The quantitative estimate of drug-likeness (QED) is 0.810. The molecule has 2 rings (SSSR count). The topological polar surface area (TPSA) is 17.1 Å². The summed E-state index contributed by atoms with van der Waals surface area (Å²) in [6.07, 6.45) is 0.865. The van der Waals surface area contributed by atoms with Crippen LogP contribution in [0.5, 0.6) is 0 Å². The normalized spacial score (nSPS) is 10.5. The highest BCUT2D eigenvalue weighted by atomic mass is 35.5. The first kappa shape index (κ1) is 13.8. The standard InChI is InChI=1S/C17H17ClO/c1-12-7-8-15(17(18)9-12)11-16(19)10-14-6-4-3-5-13(14)2/h3-9H,10-11H2,1-2H3. The van der Waals surface area contributed by atoms with Crippen LogP contribution in [0.4, 0.5) is 0 Å². The molecule has 2 aromatic rings. The van der Waals surface area contributed by atoms with Gasteiger partial charge in [-0.1, -0.05) is 48.0 Å². The second kappa shape index (κ2) is 6.03. The first-order chi connectivity index (χ1) is 9.06. The van der Waals surface area contributed by atoms with E-state index in [4.69, 9.17) is 11.6 Å². The van der Waals surface area contributed by atoms with E-state index in [-0.39, 0.29) is 5.78 Å². The second-order valence-electron chi connectivity index (χ2n) is 4.91. The number of carbonyl (C=O) groups excluding carboxylic acids is 1. The number of rotatable bonds is 4. The van der Waals surface area contributed by atoms with Crippen molar-refractivity contribution in [1.82, 2.24) is 0 Å². The van der Waals surface area contributed by atoms with Gasteiger partial charge in [0.2, 0.25) is 0 Å². The van der Waals surface area contributed by atoms with Gasteiger partial charge in [0.25, 0.3) is 0 Å². The van der Waals surface area contributed by atoms with Crippen LogP contribution in [0.15, 0.2) is 42.5 Å². The number of aryl methyl sites for hydroxylation is 2. The summed E-state index contributed by atoms with van der Waals surface area (Å²) in [6.45, 7) is 4.02. The molecule has 0 aliphatic rings. The fourth-order valence-electron chi connectivity index (χ4n) is 2.09. The Labute approximate surface area is 119 Å². The van der Waals surface area contributed by atoms with Gasteiger partial charge in [0.15, 0.2) is 0 Å². The molecule has 0 saturated carbocycles. The van der Waals surface area contributed by atoms with Crippen molar-refractivity contribution in [2.75, 3.05) is 0 Å². The predicted molar refractivity (Wildman–Crippen MR) is 79.8 cm³/mol. The highest BCUT2D eigenvalue weighted by Gasteiger charge is 2.09. The average molecular weight is 273 g/mol. The number of carbonyl (C=O) groups is 1. The Kier molecular flexibility index (Phi) is 4.39. The van der Waals surface area contributed by atoms with E-state index in [1.54, 1.807) is 0 Å². The average Bonchev–Trinajstić information content (AvgIpc) is 2.36. The maximum atomic E-state index is 12.1. The lowest BCUT2D eigenvalue weighted by Crippen LogP contribution is -2.08. The third-order valence-electron chi connectivity index (χ3n) is 3.25. The summed E-state index contributed by atoms with van der Waals surface area (Å²) >= 11 is 6.16. The minimum absolute atomic E-state index is 0.194. The van der Waals surface area contributed by atoms with Crippen LogP contribution >= 0.6 is 11.6 Å². The zero-order valence-corrected chi connectivity index (χ0v) is 12.0. The first-order valence-corrected chi connectivity index (χ1v) is 6.75. The Balaban J connectivity index is 2.08. The minimum Gasteiger partial charge on any atom is -0.299 e. The molecular weight excluding hydrogens is 256 g/mol. The van der Waals surface area contributed by atoms with Crippen LogP contribution in [-0.4, -0.2) is 5.78 Å². The van der Waals surface area contributed by atoms with Crippen molar-refractivity contribution in [2.24, 2.45) is 0 Å². The summed E-state index contributed by atoms with van der Waals surface area (Å²) in [7, 11) is 0. The van der Waals surface area contributed by atoms with Gasteiger partial charge < -0.3 is 0 Å². The fourth-order valence-corrected chi connectivity index (χ4v) is 2.39. The van der Waals surface area contributed by atoms with Gasteiger partial charge in [0.05, 0.1) is 0 Å². The summed E-state index contributed by atoms with van der Waals surface area (Å²) in [5.41, 5.74) is 4.27. The third-order valence-corrected chi connectivity index (χ3v) is 3.60. The van der Waals surface area contributed by atoms with Crippen molar-refractivity contribution >= 4 is 17.4 Å². The van der Waals surface area contributed by atoms with E-state index in [0.29, 0.717) is 17.9 Å². The first-order valence-electron chi connectivity index (χ1n) is 6.37. The lowest BCUT2D eigenvalue weighted by Gasteiger charge is -2.07. The Morgan fingerprint density at radius 2 is 1.68 bits per heavy atom. The maximum absolute atomic E-state index is 12.1. The molecule has 0 aliphatic carbocycles. The van der Waals surface area contributed by atoms with Gasteiger partial charge in [-0.2, -0.15) is 0 Å². The zero-order valence-electron chi connectivity index (χ0n) is 11.2. The molecule has 2 heteroatoms.